The molecule has 2 saturated heterocycles. The molecule has 0 aliphatic carbocycles. The summed E-state index contributed by atoms with van der Waals surface area (Å²) in [5.74, 6) is 0.468. The van der Waals surface area contributed by atoms with E-state index in [1.54, 1.807) is 12.1 Å². The summed E-state index contributed by atoms with van der Waals surface area (Å²) in [4.78, 5) is 17.7. The molecule has 1 unspecified atom stereocenters. The van der Waals surface area contributed by atoms with Gasteiger partial charge in [-0.15, -0.1) is 0 Å². The van der Waals surface area contributed by atoms with Gasteiger partial charge in [-0.25, -0.2) is 0 Å². The number of benzene rings is 1. The lowest BCUT2D eigenvalue weighted by molar-refractivity contribution is -0.125. The first-order valence-electron chi connectivity index (χ1n) is 9.99. The van der Waals surface area contributed by atoms with E-state index in [1.807, 2.05) is 12.1 Å². The normalized spacial score (nSPS) is 23.4. The molecule has 1 aromatic rings. The molecule has 0 saturated carbocycles. The molecule has 144 valence electrons. The van der Waals surface area contributed by atoms with Crippen molar-refractivity contribution in [3.05, 3.63) is 29.8 Å². The summed E-state index contributed by atoms with van der Waals surface area (Å²) in [5, 5.41) is 12.5. The van der Waals surface area contributed by atoms with Gasteiger partial charge in [-0.05, 0) is 81.9 Å². The van der Waals surface area contributed by atoms with E-state index in [0.717, 1.165) is 51.0 Å². The smallest absolute Gasteiger partial charge is 0.237 e. The van der Waals surface area contributed by atoms with E-state index in [2.05, 4.69) is 29.1 Å². The number of rotatable bonds is 6. The Hall–Kier alpha value is -1.59. The Morgan fingerprint density at radius 3 is 2.62 bits per heavy atom. The van der Waals surface area contributed by atoms with Crippen molar-refractivity contribution in [2.45, 2.75) is 45.1 Å². The third-order valence-electron chi connectivity index (χ3n) is 6.12. The number of nitrogens with one attached hydrogen (secondary N) is 1. The number of carbonyl (C=O) groups excluding carboxylic acids is 1. The van der Waals surface area contributed by atoms with Crippen LogP contribution in [0.3, 0.4) is 0 Å². The van der Waals surface area contributed by atoms with E-state index < -0.39 is 0 Å². The molecular formula is C21H33N3O2. The zero-order chi connectivity index (χ0) is 18.6. The lowest BCUT2D eigenvalue weighted by Crippen LogP contribution is -2.44. The molecule has 1 aromatic carbocycles. The maximum Gasteiger partial charge on any atom is 0.237 e. The summed E-state index contributed by atoms with van der Waals surface area (Å²) in [6, 6.07) is 7.24. The molecule has 2 aliphatic heterocycles. The Kier molecular flexibility index (Phi) is 6.20. The highest BCUT2D eigenvalue weighted by Gasteiger charge is 2.47. The lowest BCUT2D eigenvalue weighted by atomic mass is 9.76. The van der Waals surface area contributed by atoms with Crippen LogP contribution in [0.25, 0.3) is 0 Å². The Morgan fingerprint density at radius 1 is 1.27 bits per heavy atom. The van der Waals surface area contributed by atoms with E-state index in [4.69, 9.17) is 0 Å². The highest BCUT2D eigenvalue weighted by Crippen LogP contribution is 2.43. The molecule has 2 fully saturated rings. The number of amides is 1. The van der Waals surface area contributed by atoms with Gasteiger partial charge in [0.15, 0.2) is 0 Å². The zero-order valence-electron chi connectivity index (χ0n) is 16.2. The zero-order valence-corrected chi connectivity index (χ0v) is 16.2. The molecular weight excluding hydrogens is 326 g/mol. The van der Waals surface area contributed by atoms with Gasteiger partial charge >= 0.3 is 0 Å². The number of hydrogen-bond donors (Lipinski definition) is 2. The molecule has 1 amide bonds. The molecule has 0 radical (unpaired) electrons. The second-order valence-electron chi connectivity index (χ2n) is 8.20. The molecule has 0 bridgehead atoms. The Labute approximate surface area is 157 Å². The first-order chi connectivity index (χ1) is 12.5. The van der Waals surface area contributed by atoms with Gasteiger partial charge in [0.05, 0.1) is 6.04 Å². The van der Waals surface area contributed by atoms with Crippen LogP contribution in [0.1, 0.15) is 38.2 Å². The van der Waals surface area contributed by atoms with Gasteiger partial charge in [0.1, 0.15) is 5.75 Å². The van der Waals surface area contributed by atoms with Gasteiger partial charge in [0.2, 0.25) is 5.91 Å². The van der Waals surface area contributed by atoms with Crippen LogP contribution >= 0.6 is 0 Å². The summed E-state index contributed by atoms with van der Waals surface area (Å²) >= 11 is 0. The lowest BCUT2D eigenvalue weighted by Gasteiger charge is -2.37. The first kappa shape index (κ1) is 19.2. The van der Waals surface area contributed by atoms with Crippen LogP contribution < -0.4 is 5.32 Å². The van der Waals surface area contributed by atoms with Crippen LogP contribution in [-0.2, 0) is 11.2 Å². The van der Waals surface area contributed by atoms with E-state index in [0.29, 0.717) is 12.0 Å². The predicted molar refractivity (Wildman–Crippen MR) is 104 cm³/mol. The second-order valence-corrected chi connectivity index (χ2v) is 8.20. The fourth-order valence-corrected chi connectivity index (χ4v) is 4.49. The van der Waals surface area contributed by atoms with Crippen molar-refractivity contribution in [2.75, 3.05) is 39.8 Å². The van der Waals surface area contributed by atoms with E-state index in [-0.39, 0.29) is 17.7 Å². The van der Waals surface area contributed by atoms with Gasteiger partial charge in [-0.2, -0.15) is 0 Å². The van der Waals surface area contributed by atoms with Crippen LogP contribution in [0.5, 0.6) is 5.75 Å². The standard InChI is InChI=1S/C21H33N3O2/c1-3-12-24-16-21(9-13-23(2)14-10-21)15-19(24)20(26)22-11-8-17-4-6-18(25)7-5-17/h4-7,19,25H,3,8-16H2,1-2H3,(H,22,26). The topological polar surface area (TPSA) is 55.8 Å². The van der Waals surface area contributed by atoms with Crippen LogP contribution in [0.2, 0.25) is 0 Å². The molecule has 2 aliphatic rings. The number of piperidine rings is 1. The largest absolute Gasteiger partial charge is 0.508 e. The van der Waals surface area contributed by atoms with E-state index in [9.17, 15) is 9.90 Å². The summed E-state index contributed by atoms with van der Waals surface area (Å²) in [5.41, 5.74) is 1.47. The monoisotopic (exact) mass is 359 g/mol. The number of carbonyl (C=O) groups is 1. The van der Waals surface area contributed by atoms with Gasteiger partial charge in [0.25, 0.3) is 0 Å². The summed E-state index contributed by atoms with van der Waals surface area (Å²) in [6.07, 6.45) is 5.31. The fourth-order valence-electron chi connectivity index (χ4n) is 4.49. The molecule has 1 spiro atoms. The number of phenolic OH excluding ortho intramolecular Hbond substituents is 1. The minimum atomic E-state index is 0.0261. The molecule has 3 rings (SSSR count). The van der Waals surface area contributed by atoms with Crippen LogP contribution in [0.15, 0.2) is 24.3 Å². The Morgan fingerprint density at radius 2 is 1.96 bits per heavy atom. The summed E-state index contributed by atoms with van der Waals surface area (Å²) in [7, 11) is 2.19. The van der Waals surface area contributed by atoms with Crippen molar-refractivity contribution in [1.29, 1.82) is 0 Å². The minimum Gasteiger partial charge on any atom is -0.508 e. The first-order valence-corrected chi connectivity index (χ1v) is 9.99. The van der Waals surface area contributed by atoms with Gasteiger partial charge in [-0.3, -0.25) is 9.69 Å². The van der Waals surface area contributed by atoms with Gasteiger partial charge < -0.3 is 15.3 Å². The summed E-state index contributed by atoms with van der Waals surface area (Å²) in [6.45, 7) is 7.22. The van der Waals surface area contributed by atoms with Crippen molar-refractivity contribution in [1.82, 2.24) is 15.1 Å². The molecule has 5 nitrogen and oxygen atoms in total. The number of likely N-dealkylation sites (tertiary alicyclic amines) is 2. The van der Waals surface area contributed by atoms with E-state index >= 15 is 0 Å². The Balaban J connectivity index is 1.55. The average molecular weight is 360 g/mol. The molecule has 5 heteroatoms. The van der Waals surface area contributed by atoms with Crippen LogP contribution in [0.4, 0.5) is 0 Å². The Bertz CT molecular complexity index is 594. The third kappa shape index (κ3) is 4.57. The van der Waals surface area contributed by atoms with Crippen molar-refractivity contribution < 1.29 is 9.90 Å². The average Bonchev–Trinajstić information content (AvgIpc) is 2.98. The van der Waals surface area contributed by atoms with Crippen molar-refractivity contribution in [2.24, 2.45) is 5.41 Å². The quantitative estimate of drug-likeness (QED) is 0.818. The maximum absolute atomic E-state index is 12.9. The highest BCUT2D eigenvalue weighted by atomic mass is 16.3. The van der Waals surface area contributed by atoms with Crippen molar-refractivity contribution in [3.8, 4) is 5.75 Å². The SMILES string of the molecule is CCCN1CC2(CCN(C)CC2)CC1C(=O)NCCc1ccc(O)cc1. The summed E-state index contributed by atoms with van der Waals surface area (Å²) < 4.78 is 0. The number of nitrogens with zero attached hydrogens (tertiary/aromatic N) is 2. The number of hydrogen-bond acceptors (Lipinski definition) is 4. The van der Waals surface area contributed by atoms with Crippen LogP contribution in [-0.4, -0.2) is 66.6 Å². The highest BCUT2D eigenvalue weighted by molar-refractivity contribution is 5.82. The van der Waals surface area contributed by atoms with Crippen molar-refractivity contribution >= 4 is 5.91 Å². The molecule has 2 N–H and O–H groups in total. The maximum atomic E-state index is 12.9. The molecule has 2 heterocycles. The van der Waals surface area contributed by atoms with Gasteiger partial charge in [-0.1, -0.05) is 19.1 Å². The van der Waals surface area contributed by atoms with Crippen LogP contribution in [0, 0.1) is 5.41 Å². The second kappa shape index (κ2) is 8.40. The molecule has 1 atom stereocenters. The number of aromatic hydroxyl groups is 1. The minimum absolute atomic E-state index is 0.0261. The molecule has 26 heavy (non-hydrogen) atoms. The molecule has 0 aromatic heterocycles. The van der Waals surface area contributed by atoms with E-state index in [1.165, 1.54) is 12.8 Å². The van der Waals surface area contributed by atoms with Crippen molar-refractivity contribution in [3.63, 3.8) is 0 Å². The number of phenols is 1. The van der Waals surface area contributed by atoms with Gasteiger partial charge in [0, 0.05) is 13.1 Å². The predicted octanol–water partition coefficient (Wildman–Crippen LogP) is 2.25. The third-order valence-corrected chi connectivity index (χ3v) is 6.12. The fraction of sp³-hybridized carbons (Fsp3) is 0.667.